The van der Waals surface area contributed by atoms with Gasteiger partial charge >= 0.3 is 0 Å². The fourth-order valence-corrected chi connectivity index (χ4v) is 3.12. The molecule has 0 fully saturated rings. The molecule has 2 nitrogen and oxygen atoms in total. The van der Waals surface area contributed by atoms with Crippen LogP contribution in [0.5, 0.6) is 0 Å². The first-order valence-corrected chi connectivity index (χ1v) is 6.51. The van der Waals surface area contributed by atoms with Crippen molar-refractivity contribution in [2.24, 2.45) is 0 Å². The van der Waals surface area contributed by atoms with Crippen LogP contribution >= 0.6 is 11.3 Å². The molecule has 0 radical (unpaired) electrons. The zero-order valence-electron chi connectivity index (χ0n) is 10.4. The highest BCUT2D eigenvalue weighted by Crippen LogP contribution is 2.36. The maximum absolute atomic E-state index is 13.0. The molecule has 2 heterocycles. The van der Waals surface area contributed by atoms with E-state index in [9.17, 15) is 4.39 Å². The normalized spacial score (nSPS) is 22.2. The molecule has 0 spiro atoms. The smallest absolute Gasteiger partial charge is 0.111 e. The van der Waals surface area contributed by atoms with Crippen LogP contribution in [0.15, 0.2) is 0 Å². The van der Waals surface area contributed by atoms with E-state index in [-0.39, 0.29) is 18.1 Å². The van der Waals surface area contributed by atoms with Gasteiger partial charge in [-0.3, -0.25) is 4.90 Å². The lowest BCUT2D eigenvalue weighted by Crippen LogP contribution is -2.33. The molecule has 1 aliphatic rings. The van der Waals surface area contributed by atoms with Gasteiger partial charge in [-0.25, -0.2) is 9.37 Å². The van der Waals surface area contributed by atoms with Crippen LogP contribution in [0.1, 0.15) is 42.4 Å². The number of likely N-dealkylation sites (N-methyl/N-ethyl adjacent to an activating group) is 1. The maximum atomic E-state index is 13.0. The van der Waals surface area contributed by atoms with Crippen molar-refractivity contribution in [2.45, 2.75) is 38.6 Å². The molecular formula is C12H19FN2S. The van der Waals surface area contributed by atoms with Crippen molar-refractivity contribution in [2.75, 3.05) is 20.3 Å². The highest BCUT2D eigenvalue weighted by Gasteiger charge is 2.30. The molecule has 1 atom stereocenters. The van der Waals surface area contributed by atoms with Gasteiger partial charge in [0, 0.05) is 16.8 Å². The van der Waals surface area contributed by atoms with Gasteiger partial charge in [0.1, 0.15) is 6.67 Å². The molecule has 0 aliphatic carbocycles. The van der Waals surface area contributed by atoms with Crippen LogP contribution in [0.4, 0.5) is 4.39 Å². The lowest BCUT2D eigenvalue weighted by molar-refractivity contribution is 0.189. The standard InChI is InChI=1S/C12H19FN2S/c1-12(2,3)11-14-10-8(7-13)15(4)6-5-9(10)16-11/h8H,5-7H2,1-4H3. The molecule has 0 saturated carbocycles. The van der Waals surface area contributed by atoms with Gasteiger partial charge in [0.2, 0.25) is 0 Å². The Balaban J connectivity index is 2.40. The highest BCUT2D eigenvalue weighted by molar-refractivity contribution is 7.11. The Morgan fingerprint density at radius 1 is 1.50 bits per heavy atom. The van der Waals surface area contributed by atoms with E-state index in [4.69, 9.17) is 0 Å². The van der Waals surface area contributed by atoms with Crippen LogP contribution in [0.25, 0.3) is 0 Å². The number of rotatable bonds is 1. The molecule has 1 aromatic rings. The summed E-state index contributed by atoms with van der Waals surface area (Å²) in [4.78, 5) is 8.01. The molecule has 0 amide bonds. The predicted octanol–water partition coefficient (Wildman–Crippen LogP) is 2.94. The molecule has 0 saturated heterocycles. The average Bonchev–Trinajstić information content (AvgIpc) is 2.60. The van der Waals surface area contributed by atoms with Crippen molar-refractivity contribution < 1.29 is 4.39 Å². The van der Waals surface area contributed by atoms with Gasteiger partial charge in [0.25, 0.3) is 0 Å². The van der Waals surface area contributed by atoms with E-state index >= 15 is 0 Å². The average molecular weight is 242 g/mol. The van der Waals surface area contributed by atoms with E-state index in [2.05, 4.69) is 30.7 Å². The Morgan fingerprint density at radius 3 is 2.75 bits per heavy atom. The quantitative estimate of drug-likeness (QED) is 0.752. The zero-order valence-corrected chi connectivity index (χ0v) is 11.2. The van der Waals surface area contributed by atoms with Gasteiger partial charge in [-0.15, -0.1) is 11.3 Å². The monoisotopic (exact) mass is 242 g/mol. The van der Waals surface area contributed by atoms with Gasteiger partial charge in [-0.2, -0.15) is 0 Å². The van der Waals surface area contributed by atoms with Crippen molar-refractivity contribution in [3.05, 3.63) is 15.6 Å². The molecule has 16 heavy (non-hydrogen) atoms. The SMILES string of the molecule is CN1CCc2sc(C(C)(C)C)nc2C1CF. The van der Waals surface area contributed by atoms with E-state index < -0.39 is 0 Å². The first-order valence-electron chi connectivity index (χ1n) is 5.69. The van der Waals surface area contributed by atoms with Crippen molar-refractivity contribution in [3.8, 4) is 0 Å². The molecule has 1 aromatic heterocycles. The number of alkyl halides is 1. The van der Waals surface area contributed by atoms with Gasteiger partial charge in [0.15, 0.2) is 0 Å². The van der Waals surface area contributed by atoms with E-state index in [0.717, 1.165) is 23.7 Å². The van der Waals surface area contributed by atoms with Crippen LogP contribution in [0.3, 0.4) is 0 Å². The van der Waals surface area contributed by atoms with Crippen LogP contribution < -0.4 is 0 Å². The van der Waals surface area contributed by atoms with Crippen molar-refractivity contribution in [1.82, 2.24) is 9.88 Å². The second kappa shape index (κ2) is 4.08. The largest absolute Gasteiger partial charge is 0.295 e. The van der Waals surface area contributed by atoms with Gasteiger partial charge in [-0.05, 0) is 13.5 Å². The first-order chi connectivity index (χ1) is 7.43. The lowest BCUT2D eigenvalue weighted by atomic mass is 9.98. The summed E-state index contributed by atoms with van der Waals surface area (Å²) in [5, 5.41) is 1.13. The second-order valence-electron chi connectivity index (χ2n) is 5.48. The summed E-state index contributed by atoms with van der Waals surface area (Å²) in [5.41, 5.74) is 1.05. The summed E-state index contributed by atoms with van der Waals surface area (Å²) in [6.45, 7) is 7.08. The third-order valence-electron chi connectivity index (χ3n) is 3.05. The fourth-order valence-electron chi connectivity index (χ4n) is 1.96. The minimum atomic E-state index is -0.336. The number of hydrogen-bond donors (Lipinski definition) is 0. The summed E-state index contributed by atoms with van der Waals surface area (Å²) >= 11 is 1.76. The molecule has 2 rings (SSSR count). The number of aromatic nitrogens is 1. The lowest BCUT2D eigenvalue weighted by Gasteiger charge is -2.29. The molecular weight excluding hydrogens is 223 g/mol. The van der Waals surface area contributed by atoms with Gasteiger partial charge in [-0.1, -0.05) is 20.8 Å². The molecule has 0 bridgehead atoms. The van der Waals surface area contributed by atoms with Crippen LogP contribution in [-0.2, 0) is 11.8 Å². The molecule has 1 unspecified atom stereocenters. The van der Waals surface area contributed by atoms with Gasteiger partial charge in [0.05, 0.1) is 16.7 Å². The Bertz CT molecular complexity index is 381. The number of hydrogen-bond acceptors (Lipinski definition) is 3. The third kappa shape index (κ3) is 2.00. The minimum Gasteiger partial charge on any atom is -0.295 e. The van der Waals surface area contributed by atoms with E-state index in [1.54, 1.807) is 11.3 Å². The van der Waals surface area contributed by atoms with Crippen LogP contribution in [0, 0.1) is 0 Å². The first kappa shape index (κ1) is 12.0. The van der Waals surface area contributed by atoms with Crippen molar-refractivity contribution >= 4 is 11.3 Å². The number of fused-ring (bicyclic) bond motifs is 1. The molecule has 1 aliphatic heterocycles. The van der Waals surface area contributed by atoms with Crippen molar-refractivity contribution in [1.29, 1.82) is 0 Å². The highest BCUT2D eigenvalue weighted by atomic mass is 32.1. The van der Waals surface area contributed by atoms with E-state index in [1.165, 1.54) is 4.88 Å². The Labute approximate surface area is 100 Å². The summed E-state index contributed by atoms with van der Waals surface area (Å²) in [6.07, 6.45) is 1.01. The number of thiazole rings is 1. The summed E-state index contributed by atoms with van der Waals surface area (Å²) in [7, 11) is 1.98. The second-order valence-corrected chi connectivity index (χ2v) is 6.56. The zero-order chi connectivity index (χ0) is 11.9. The predicted molar refractivity (Wildman–Crippen MR) is 65.9 cm³/mol. The maximum Gasteiger partial charge on any atom is 0.111 e. The molecule has 0 aromatic carbocycles. The van der Waals surface area contributed by atoms with Crippen LogP contribution in [0.2, 0.25) is 0 Å². The van der Waals surface area contributed by atoms with Crippen LogP contribution in [-0.4, -0.2) is 30.2 Å². The third-order valence-corrected chi connectivity index (χ3v) is 4.61. The Hall–Kier alpha value is -0.480. The Morgan fingerprint density at radius 2 is 2.19 bits per heavy atom. The molecule has 4 heteroatoms. The molecule has 0 N–H and O–H groups in total. The topological polar surface area (TPSA) is 16.1 Å². The summed E-state index contributed by atoms with van der Waals surface area (Å²) in [6, 6.07) is -0.129. The minimum absolute atomic E-state index is 0.0709. The van der Waals surface area contributed by atoms with E-state index in [0.29, 0.717) is 0 Å². The molecule has 90 valence electrons. The summed E-state index contributed by atoms with van der Waals surface area (Å²) < 4.78 is 13.0. The fraction of sp³-hybridized carbons (Fsp3) is 0.750. The summed E-state index contributed by atoms with van der Waals surface area (Å²) in [5.74, 6) is 0. The van der Waals surface area contributed by atoms with Crippen molar-refractivity contribution in [3.63, 3.8) is 0 Å². The van der Waals surface area contributed by atoms with Gasteiger partial charge < -0.3 is 0 Å². The number of halogens is 1. The number of nitrogens with zero attached hydrogens (tertiary/aromatic N) is 2. The Kier molecular flexibility index (Phi) is 3.05. The van der Waals surface area contributed by atoms with E-state index in [1.807, 2.05) is 7.05 Å².